The predicted molar refractivity (Wildman–Crippen MR) is 109 cm³/mol. The van der Waals surface area contributed by atoms with Crippen LogP contribution in [0.4, 0.5) is 11.4 Å². The summed E-state index contributed by atoms with van der Waals surface area (Å²) in [6.07, 6.45) is 1.16. The monoisotopic (exact) mass is 368 g/mol. The van der Waals surface area contributed by atoms with Gasteiger partial charge >= 0.3 is 0 Å². The molecule has 0 saturated carbocycles. The van der Waals surface area contributed by atoms with E-state index in [1.165, 1.54) is 0 Å². The summed E-state index contributed by atoms with van der Waals surface area (Å²) in [5.41, 5.74) is 3.11. The summed E-state index contributed by atoms with van der Waals surface area (Å²) in [7, 11) is 1.65. The molecule has 2 atom stereocenters. The number of carbonyl (C=O) groups is 1. The van der Waals surface area contributed by atoms with Crippen LogP contribution in [0.25, 0.3) is 0 Å². The van der Waals surface area contributed by atoms with Crippen LogP contribution < -0.4 is 15.0 Å². The van der Waals surface area contributed by atoms with Crippen molar-refractivity contribution in [3.05, 3.63) is 54.1 Å². The number of hydrogen-bond donors (Lipinski definition) is 1. The fourth-order valence-corrected chi connectivity index (χ4v) is 3.50. The van der Waals surface area contributed by atoms with Crippen LogP contribution in [-0.2, 0) is 16.0 Å². The molecular weight excluding hydrogens is 340 g/mol. The summed E-state index contributed by atoms with van der Waals surface area (Å²) < 4.78 is 10.7. The highest BCUT2D eigenvalue weighted by molar-refractivity contribution is 5.91. The molecule has 0 bridgehead atoms. The maximum atomic E-state index is 12.2. The van der Waals surface area contributed by atoms with E-state index in [2.05, 4.69) is 36.2 Å². The van der Waals surface area contributed by atoms with Gasteiger partial charge in [0.1, 0.15) is 5.75 Å². The first-order chi connectivity index (χ1) is 13.1. The predicted octanol–water partition coefficient (Wildman–Crippen LogP) is 3.88. The molecule has 1 heterocycles. The summed E-state index contributed by atoms with van der Waals surface area (Å²) >= 11 is 0. The van der Waals surface area contributed by atoms with E-state index in [-0.39, 0.29) is 5.91 Å². The summed E-state index contributed by atoms with van der Waals surface area (Å²) in [5.74, 6) is 0.846. The van der Waals surface area contributed by atoms with Crippen molar-refractivity contribution in [2.75, 3.05) is 30.5 Å². The molecule has 1 saturated heterocycles. The second-order valence-electron chi connectivity index (χ2n) is 7.09. The molecule has 0 aromatic heterocycles. The van der Waals surface area contributed by atoms with Crippen LogP contribution >= 0.6 is 0 Å². The molecule has 0 spiro atoms. The van der Waals surface area contributed by atoms with Crippen molar-refractivity contribution in [1.29, 1.82) is 0 Å². The number of ether oxygens (including phenoxy) is 2. The Morgan fingerprint density at radius 1 is 1.07 bits per heavy atom. The van der Waals surface area contributed by atoms with E-state index in [4.69, 9.17) is 9.47 Å². The number of rotatable bonds is 6. The number of carbonyl (C=O) groups excluding carboxylic acids is 1. The summed E-state index contributed by atoms with van der Waals surface area (Å²) in [6, 6.07) is 16.6. The Hall–Kier alpha value is -2.53. The molecule has 1 fully saturated rings. The Morgan fingerprint density at radius 2 is 1.70 bits per heavy atom. The third kappa shape index (κ3) is 5.01. The van der Waals surface area contributed by atoms with Crippen molar-refractivity contribution in [2.45, 2.75) is 38.8 Å². The number of benzene rings is 2. The number of hydrogen-bond acceptors (Lipinski definition) is 4. The normalized spacial score (nSPS) is 19.6. The zero-order valence-corrected chi connectivity index (χ0v) is 16.3. The van der Waals surface area contributed by atoms with Gasteiger partial charge in [0.25, 0.3) is 0 Å². The molecule has 1 amide bonds. The lowest BCUT2D eigenvalue weighted by atomic mass is 10.1. The van der Waals surface area contributed by atoms with E-state index < -0.39 is 0 Å². The van der Waals surface area contributed by atoms with E-state index in [1.54, 1.807) is 7.11 Å². The fourth-order valence-electron chi connectivity index (χ4n) is 3.50. The summed E-state index contributed by atoms with van der Waals surface area (Å²) in [4.78, 5) is 14.6. The van der Waals surface area contributed by atoms with Gasteiger partial charge in [-0.3, -0.25) is 4.79 Å². The molecular formula is C22H28N2O3. The lowest BCUT2D eigenvalue weighted by Gasteiger charge is -2.40. The number of nitrogens with one attached hydrogen (secondary N) is 1. The number of nitrogens with zero attached hydrogens (tertiary/aromatic N) is 1. The molecule has 0 radical (unpaired) electrons. The molecule has 27 heavy (non-hydrogen) atoms. The Balaban J connectivity index is 1.53. The van der Waals surface area contributed by atoms with Crippen molar-refractivity contribution >= 4 is 17.3 Å². The van der Waals surface area contributed by atoms with E-state index in [9.17, 15) is 4.79 Å². The van der Waals surface area contributed by atoms with Crippen LogP contribution in [-0.4, -0.2) is 38.3 Å². The first-order valence-corrected chi connectivity index (χ1v) is 9.45. The SMILES string of the molecule is COc1ccc(CCC(=O)Nc2ccc(N3C(C)COCC3C)cc2)cc1. The minimum Gasteiger partial charge on any atom is -0.497 e. The van der Waals surface area contributed by atoms with Gasteiger partial charge in [0.2, 0.25) is 5.91 Å². The molecule has 2 aromatic carbocycles. The second-order valence-corrected chi connectivity index (χ2v) is 7.09. The van der Waals surface area contributed by atoms with Crippen molar-refractivity contribution < 1.29 is 14.3 Å². The number of methoxy groups -OCH3 is 1. The zero-order chi connectivity index (χ0) is 19.2. The minimum absolute atomic E-state index is 0.0201. The molecule has 3 rings (SSSR count). The van der Waals surface area contributed by atoms with Gasteiger partial charge < -0.3 is 19.7 Å². The first kappa shape index (κ1) is 19.2. The third-order valence-corrected chi connectivity index (χ3v) is 4.92. The van der Waals surface area contributed by atoms with Crippen molar-refractivity contribution in [2.24, 2.45) is 0 Å². The van der Waals surface area contributed by atoms with Crippen molar-refractivity contribution in [1.82, 2.24) is 0 Å². The van der Waals surface area contributed by atoms with Gasteiger partial charge in [-0.15, -0.1) is 0 Å². The van der Waals surface area contributed by atoms with Crippen LogP contribution in [0.1, 0.15) is 25.8 Å². The number of aryl methyl sites for hydroxylation is 1. The number of morpholine rings is 1. The van der Waals surface area contributed by atoms with Gasteiger partial charge in [-0.25, -0.2) is 0 Å². The highest BCUT2D eigenvalue weighted by Crippen LogP contribution is 2.25. The molecule has 1 N–H and O–H groups in total. The molecule has 2 unspecified atom stereocenters. The van der Waals surface area contributed by atoms with Gasteiger partial charge in [0, 0.05) is 29.9 Å². The Labute approximate surface area is 161 Å². The van der Waals surface area contributed by atoms with Crippen LogP contribution in [0.3, 0.4) is 0 Å². The molecule has 0 aliphatic carbocycles. The number of anilines is 2. The third-order valence-electron chi connectivity index (χ3n) is 4.92. The Morgan fingerprint density at radius 3 is 2.30 bits per heavy atom. The van der Waals surface area contributed by atoms with Crippen molar-refractivity contribution in [3.8, 4) is 5.75 Å². The molecule has 2 aromatic rings. The van der Waals surface area contributed by atoms with E-state index in [1.807, 2.05) is 36.4 Å². The van der Waals surface area contributed by atoms with E-state index in [0.717, 1.165) is 35.9 Å². The fraction of sp³-hybridized carbons (Fsp3) is 0.409. The maximum absolute atomic E-state index is 12.2. The second kappa shape index (κ2) is 8.91. The number of amides is 1. The Bertz CT molecular complexity index is 733. The molecule has 5 nitrogen and oxygen atoms in total. The standard InChI is InChI=1S/C22H28N2O3/c1-16-14-27-15-17(2)24(16)20-9-7-19(8-10-20)23-22(25)13-6-18-4-11-21(26-3)12-5-18/h4-5,7-12,16-17H,6,13-15H2,1-3H3,(H,23,25). The average Bonchev–Trinajstić information content (AvgIpc) is 2.68. The molecule has 144 valence electrons. The molecule has 1 aliphatic heterocycles. The summed E-state index contributed by atoms with van der Waals surface area (Å²) in [5, 5.41) is 2.98. The summed E-state index contributed by atoms with van der Waals surface area (Å²) in [6.45, 7) is 5.83. The largest absolute Gasteiger partial charge is 0.497 e. The van der Waals surface area contributed by atoms with Gasteiger partial charge in [-0.2, -0.15) is 0 Å². The molecule has 1 aliphatic rings. The Kier molecular flexibility index (Phi) is 6.35. The highest BCUT2D eigenvalue weighted by Gasteiger charge is 2.25. The maximum Gasteiger partial charge on any atom is 0.224 e. The van der Waals surface area contributed by atoms with Crippen LogP contribution in [0, 0.1) is 0 Å². The lowest BCUT2D eigenvalue weighted by Crippen LogP contribution is -2.49. The smallest absolute Gasteiger partial charge is 0.224 e. The zero-order valence-electron chi connectivity index (χ0n) is 16.3. The average molecular weight is 368 g/mol. The van der Waals surface area contributed by atoms with E-state index >= 15 is 0 Å². The van der Waals surface area contributed by atoms with Crippen LogP contribution in [0.2, 0.25) is 0 Å². The van der Waals surface area contributed by atoms with Gasteiger partial charge in [-0.05, 0) is 62.2 Å². The van der Waals surface area contributed by atoms with Gasteiger partial charge in [-0.1, -0.05) is 12.1 Å². The highest BCUT2D eigenvalue weighted by atomic mass is 16.5. The van der Waals surface area contributed by atoms with Crippen LogP contribution in [0.5, 0.6) is 5.75 Å². The quantitative estimate of drug-likeness (QED) is 0.841. The lowest BCUT2D eigenvalue weighted by molar-refractivity contribution is -0.116. The van der Waals surface area contributed by atoms with E-state index in [0.29, 0.717) is 24.9 Å². The van der Waals surface area contributed by atoms with Gasteiger partial charge in [0.15, 0.2) is 0 Å². The van der Waals surface area contributed by atoms with Gasteiger partial charge in [0.05, 0.1) is 20.3 Å². The first-order valence-electron chi connectivity index (χ1n) is 9.45. The molecule has 5 heteroatoms. The van der Waals surface area contributed by atoms with Crippen molar-refractivity contribution in [3.63, 3.8) is 0 Å². The van der Waals surface area contributed by atoms with Crippen LogP contribution in [0.15, 0.2) is 48.5 Å². The minimum atomic E-state index is 0.0201. The topological polar surface area (TPSA) is 50.8 Å².